The van der Waals surface area contributed by atoms with Gasteiger partial charge in [-0.2, -0.15) is 0 Å². The van der Waals surface area contributed by atoms with Gasteiger partial charge in [0.25, 0.3) is 11.6 Å². The highest BCUT2D eigenvalue weighted by atomic mass is 16.6. The van der Waals surface area contributed by atoms with Gasteiger partial charge >= 0.3 is 0 Å². The highest BCUT2D eigenvalue weighted by Crippen LogP contribution is 2.25. The van der Waals surface area contributed by atoms with Crippen LogP contribution in [0.15, 0.2) is 18.2 Å². The number of carbonyl (C=O) groups excluding carboxylic acids is 1. The molecular formula is C14H21N3O3. The first-order valence-corrected chi connectivity index (χ1v) is 6.70. The number of nitrogens with zero attached hydrogens (tertiary/aromatic N) is 1. The lowest BCUT2D eigenvalue weighted by molar-refractivity contribution is -0.384. The molecule has 1 amide bonds. The molecule has 1 aromatic rings. The molecule has 0 bridgehead atoms. The van der Waals surface area contributed by atoms with Gasteiger partial charge in [0.2, 0.25) is 0 Å². The molecule has 1 atom stereocenters. The van der Waals surface area contributed by atoms with Gasteiger partial charge in [0.1, 0.15) is 5.69 Å². The summed E-state index contributed by atoms with van der Waals surface area (Å²) < 4.78 is 0. The Balaban J connectivity index is 2.99. The Kier molecular flexibility index (Phi) is 5.49. The zero-order chi connectivity index (χ0) is 15.3. The van der Waals surface area contributed by atoms with Gasteiger partial charge in [-0.1, -0.05) is 13.8 Å². The summed E-state index contributed by atoms with van der Waals surface area (Å²) in [6.07, 6.45) is 0. The number of hydrogen-bond acceptors (Lipinski definition) is 4. The summed E-state index contributed by atoms with van der Waals surface area (Å²) in [5.41, 5.74) is 0.752. The van der Waals surface area contributed by atoms with Crippen LogP contribution >= 0.6 is 0 Å². The summed E-state index contributed by atoms with van der Waals surface area (Å²) >= 11 is 0. The van der Waals surface area contributed by atoms with Crippen molar-refractivity contribution in [2.75, 3.05) is 11.9 Å². The first-order valence-electron chi connectivity index (χ1n) is 6.70. The fraction of sp³-hybridized carbons (Fsp3) is 0.500. The highest BCUT2D eigenvalue weighted by molar-refractivity contribution is 5.96. The van der Waals surface area contributed by atoms with Crippen LogP contribution in [0, 0.1) is 16.0 Å². The van der Waals surface area contributed by atoms with E-state index in [2.05, 4.69) is 10.6 Å². The van der Waals surface area contributed by atoms with Gasteiger partial charge < -0.3 is 10.6 Å². The van der Waals surface area contributed by atoms with E-state index in [-0.39, 0.29) is 17.6 Å². The molecule has 0 aliphatic rings. The first kappa shape index (κ1) is 15.9. The van der Waals surface area contributed by atoms with Crippen molar-refractivity contribution in [3.63, 3.8) is 0 Å². The van der Waals surface area contributed by atoms with Crippen molar-refractivity contribution in [2.24, 2.45) is 5.92 Å². The van der Waals surface area contributed by atoms with E-state index < -0.39 is 4.92 Å². The minimum Gasteiger partial charge on any atom is -0.380 e. The van der Waals surface area contributed by atoms with Crippen molar-refractivity contribution in [3.8, 4) is 0 Å². The molecule has 0 fully saturated rings. The van der Waals surface area contributed by atoms with Crippen LogP contribution in [0.3, 0.4) is 0 Å². The molecule has 1 aromatic carbocycles. The average Bonchev–Trinajstić information content (AvgIpc) is 2.38. The molecule has 1 unspecified atom stereocenters. The van der Waals surface area contributed by atoms with E-state index in [1.807, 2.05) is 27.7 Å². The van der Waals surface area contributed by atoms with Crippen LogP contribution in [-0.2, 0) is 0 Å². The third-order valence-electron chi connectivity index (χ3n) is 3.18. The van der Waals surface area contributed by atoms with Crippen molar-refractivity contribution >= 4 is 17.3 Å². The molecule has 0 aliphatic carbocycles. The lowest BCUT2D eigenvalue weighted by Gasteiger charge is -2.17. The number of nitro groups is 1. The summed E-state index contributed by atoms with van der Waals surface area (Å²) in [4.78, 5) is 22.5. The zero-order valence-electron chi connectivity index (χ0n) is 12.3. The van der Waals surface area contributed by atoms with Gasteiger partial charge in [-0.25, -0.2) is 0 Å². The number of amides is 1. The molecule has 0 heterocycles. The fourth-order valence-electron chi connectivity index (χ4n) is 1.63. The van der Waals surface area contributed by atoms with E-state index in [9.17, 15) is 14.9 Å². The molecule has 0 spiro atoms. The third kappa shape index (κ3) is 3.94. The van der Waals surface area contributed by atoms with Crippen molar-refractivity contribution < 1.29 is 9.72 Å². The molecule has 0 saturated heterocycles. The summed E-state index contributed by atoms with van der Waals surface area (Å²) in [5.74, 6) is 0.102. The molecule has 6 heteroatoms. The van der Waals surface area contributed by atoms with Crippen molar-refractivity contribution in [1.82, 2.24) is 5.32 Å². The standard InChI is InChI=1S/C14H21N3O3/c1-5-15-12-8-11(6-7-13(12)17(19)20)14(18)16-10(4)9(2)3/h6-10,15H,5H2,1-4H3,(H,16,18). The van der Waals surface area contributed by atoms with Crippen LogP contribution in [0.4, 0.5) is 11.4 Å². The maximum Gasteiger partial charge on any atom is 0.292 e. The smallest absolute Gasteiger partial charge is 0.292 e. The lowest BCUT2D eigenvalue weighted by atomic mass is 10.1. The Morgan fingerprint density at radius 2 is 2.00 bits per heavy atom. The van der Waals surface area contributed by atoms with E-state index in [1.165, 1.54) is 18.2 Å². The van der Waals surface area contributed by atoms with Gasteiger partial charge in [-0.05, 0) is 31.9 Å². The van der Waals surface area contributed by atoms with Crippen molar-refractivity contribution in [3.05, 3.63) is 33.9 Å². The molecule has 0 aromatic heterocycles. The summed E-state index contributed by atoms with van der Waals surface area (Å²) in [7, 11) is 0. The number of anilines is 1. The van der Waals surface area contributed by atoms with Crippen LogP contribution < -0.4 is 10.6 Å². The van der Waals surface area contributed by atoms with Crippen LogP contribution in [0.1, 0.15) is 38.1 Å². The second-order valence-electron chi connectivity index (χ2n) is 5.03. The SMILES string of the molecule is CCNc1cc(C(=O)NC(C)C(C)C)ccc1[N+](=O)[O-]. The number of rotatable bonds is 6. The van der Waals surface area contributed by atoms with Crippen molar-refractivity contribution in [2.45, 2.75) is 33.7 Å². The average molecular weight is 279 g/mol. The largest absolute Gasteiger partial charge is 0.380 e. The van der Waals surface area contributed by atoms with Gasteiger partial charge in [0.15, 0.2) is 0 Å². The van der Waals surface area contributed by atoms with E-state index >= 15 is 0 Å². The molecule has 0 saturated carbocycles. The molecule has 0 aliphatic heterocycles. The molecule has 1 rings (SSSR count). The Morgan fingerprint density at radius 3 is 2.50 bits per heavy atom. The normalized spacial score (nSPS) is 12.1. The van der Waals surface area contributed by atoms with Gasteiger partial charge in [-0.3, -0.25) is 14.9 Å². The van der Waals surface area contributed by atoms with E-state index in [0.29, 0.717) is 23.7 Å². The monoisotopic (exact) mass is 279 g/mol. The predicted octanol–water partition coefficient (Wildman–Crippen LogP) is 2.80. The molecule has 20 heavy (non-hydrogen) atoms. The van der Waals surface area contributed by atoms with Crippen LogP contribution in [0.5, 0.6) is 0 Å². The maximum absolute atomic E-state index is 12.1. The number of benzene rings is 1. The van der Waals surface area contributed by atoms with Crippen LogP contribution in [0.25, 0.3) is 0 Å². The summed E-state index contributed by atoms with van der Waals surface area (Å²) in [6.45, 7) is 8.36. The minimum absolute atomic E-state index is 0.0275. The number of nitrogens with one attached hydrogen (secondary N) is 2. The van der Waals surface area contributed by atoms with Crippen LogP contribution in [-0.4, -0.2) is 23.4 Å². The second-order valence-corrected chi connectivity index (χ2v) is 5.03. The van der Waals surface area contributed by atoms with E-state index in [1.54, 1.807) is 0 Å². The zero-order valence-corrected chi connectivity index (χ0v) is 12.3. The Bertz CT molecular complexity index is 500. The van der Waals surface area contributed by atoms with Gasteiger partial charge in [0, 0.05) is 24.2 Å². The quantitative estimate of drug-likeness (QED) is 0.619. The van der Waals surface area contributed by atoms with Gasteiger partial charge in [0.05, 0.1) is 4.92 Å². The fourth-order valence-corrected chi connectivity index (χ4v) is 1.63. The molecule has 6 nitrogen and oxygen atoms in total. The minimum atomic E-state index is -0.462. The summed E-state index contributed by atoms with van der Waals surface area (Å²) in [5, 5.41) is 16.7. The number of carbonyl (C=O) groups is 1. The van der Waals surface area contributed by atoms with Gasteiger partial charge in [-0.15, -0.1) is 0 Å². The number of hydrogen-bond donors (Lipinski definition) is 2. The van der Waals surface area contributed by atoms with E-state index in [0.717, 1.165) is 0 Å². The molecule has 110 valence electrons. The number of nitro benzene ring substituents is 1. The Morgan fingerprint density at radius 1 is 1.35 bits per heavy atom. The maximum atomic E-state index is 12.1. The lowest BCUT2D eigenvalue weighted by Crippen LogP contribution is -2.36. The Labute approximate surface area is 118 Å². The van der Waals surface area contributed by atoms with Crippen molar-refractivity contribution in [1.29, 1.82) is 0 Å². The molecule has 0 radical (unpaired) electrons. The summed E-state index contributed by atoms with van der Waals surface area (Å²) in [6, 6.07) is 4.39. The van der Waals surface area contributed by atoms with E-state index in [4.69, 9.17) is 0 Å². The highest BCUT2D eigenvalue weighted by Gasteiger charge is 2.18. The predicted molar refractivity (Wildman–Crippen MR) is 79.0 cm³/mol. The van der Waals surface area contributed by atoms with Crippen LogP contribution in [0.2, 0.25) is 0 Å². The first-order chi connectivity index (χ1) is 9.36. The molecular weight excluding hydrogens is 258 g/mol. The Hall–Kier alpha value is -2.11. The second kappa shape index (κ2) is 6.88. The topological polar surface area (TPSA) is 84.3 Å². The molecule has 2 N–H and O–H groups in total. The third-order valence-corrected chi connectivity index (χ3v) is 3.18.